The summed E-state index contributed by atoms with van der Waals surface area (Å²) in [6, 6.07) is -0.688. The van der Waals surface area contributed by atoms with Gasteiger partial charge in [-0.15, -0.1) is 12.6 Å². The second kappa shape index (κ2) is 4.74. The van der Waals surface area contributed by atoms with Crippen LogP contribution in [-0.2, 0) is 14.3 Å². The van der Waals surface area contributed by atoms with E-state index in [1.165, 1.54) is 6.92 Å². The molecule has 1 unspecified atom stereocenters. The minimum atomic E-state index is -0.688. The Morgan fingerprint density at radius 2 is 1.92 bits per heavy atom. The molecule has 0 bridgehead atoms. The van der Waals surface area contributed by atoms with Crippen molar-refractivity contribution in [2.45, 2.75) is 13.0 Å². The van der Waals surface area contributed by atoms with Crippen LogP contribution in [0.1, 0.15) is 6.92 Å². The number of rotatable bonds is 3. The summed E-state index contributed by atoms with van der Waals surface area (Å²) in [5.74, 6) is -0.151. The van der Waals surface area contributed by atoms with Gasteiger partial charge in [-0.05, 0) is 6.92 Å². The van der Waals surface area contributed by atoms with Crippen molar-refractivity contribution in [1.82, 2.24) is 4.90 Å². The molecule has 0 aliphatic carbocycles. The molecular formula is C8H13NO3S. The zero-order valence-electron chi connectivity index (χ0n) is 7.52. The molecule has 1 atom stereocenters. The minimum absolute atomic E-state index is 0.151. The molecule has 0 N–H and O–H groups in total. The van der Waals surface area contributed by atoms with E-state index in [0.29, 0.717) is 26.3 Å². The number of ketones is 1. The Kier molecular flexibility index (Phi) is 3.90. The Morgan fingerprint density at radius 1 is 1.38 bits per heavy atom. The van der Waals surface area contributed by atoms with Gasteiger partial charge in [0.15, 0.2) is 5.78 Å². The fraction of sp³-hybridized carbons (Fsp3) is 0.750. The predicted octanol–water partition coefficient (Wildman–Crippen LogP) is -0.267. The van der Waals surface area contributed by atoms with E-state index >= 15 is 0 Å². The maximum Gasteiger partial charge on any atom is 0.210 e. The Balaban J connectivity index is 2.62. The van der Waals surface area contributed by atoms with Crippen LogP contribution in [0.5, 0.6) is 0 Å². The standard InChI is InChI=1S/C8H13NO3S/c1-6(10)7(8(11)13)9-2-4-12-5-3-9/h7H,2-5H2,1H3,(H,11,13). The van der Waals surface area contributed by atoms with Crippen molar-refractivity contribution in [3.05, 3.63) is 0 Å². The fourth-order valence-electron chi connectivity index (χ4n) is 1.42. The van der Waals surface area contributed by atoms with Crippen LogP contribution in [0.15, 0.2) is 0 Å². The van der Waals surface area contributed by atoms with E-state index in [9.17, 15) is 9.59 Å². The minimum Gasteiger partial charge on any atom is -0.379 e. The van der Waals surface area contributed by atoms with Crippen molar-refractivity contribution in [2.75, 3.05) is 26.3 Å². The van der Waals surface area contributed by atoms with Gasteiger partial charge < -0.3 is 4.74 Å². The molecule has 0 radical (unpaired) electrons. The summed E-state index contributed by atoms with van der Waals surface area (Å²) < 4.78 is 5.12. The molecule has 0 amide bonds. The van der Waals surface area contributed by atoms with Crippen LogP contribution in [0.2, 0.25) is 0 Å². The number of carbonyl (C=O) groups excluding carboxylic acids is 2. The van der Waals surface area contributed by atoms with Gasteiger partial charge in [0.05, 0.1) is 13.2 Å². The van der Waals surface area contributed by atoms with E-state index in [1.807, 2.05) is 0 Å². The largest absolute Gasteiger partial charge is 0.379 e. The maximum absolute atomic E-state index is 11.1. The first-order valence-corrected chi connectivity index (χ1v) is 4.62. The highest BCUT2D eigenvalue weighted by atomic mass is 32.1. The average molecular weight is 203 g/mol. The quantitative estimate of drug-likeness (QED) is 0.507. The molecule has 1 aliphatic heterocycles. The summed E-state index contributed by atoms with van der Waals surface area (Å²) in [7, 11) is 0. The summed E-state index contributed by atoms with van der Waals surface area (Å²) in [6.07, 6.45) is 0. The number of hydrogen-bond acceptors (Lipinski definition) is 4. The third kappa shape index (κ3) is 2.79. The van der Waals surface area contributed by atoms with Crippen molar-refractivity contribution < 1.29 is 14.3 Å². The van der Waals surface area contributed by atoms with E-state index in [4.69, 9.17) is 4.74 Å². The van der Waals surface area contributed by atoms with Crippen LogP contribution in [0.4, 0.5) is 0 Å². The molecule has 13 heavy (non-hydrogen) atoms. The average Bonchev–Trinajstić information content (AvgIpc) is 2.04. The Hall–Kier alpha value is -0.390. The van der Waals surface area contributed by atoms with Crippen LogP contribution < -0.4 is 0 Å². The van der Waals surface area contributed by atoms with Crippen molar-refractivity contribution in [3.8, 4) is 0 Å². The zero-order valence-corrected chi connectivity index (χ0v) is 8.42. The van der Waals surface area contributed by atoms with E-state index in [1.54, 1.807) is 4.90 Å². The molecule has 1 fully saturated rings. The monoisotopic (exact) mass is 203 g/mol. The highest BCUT2D eigenvalue weighted by Gasteiger charge is 2.28. The smallest absolute Gasteiger partial charge is 0.210 e. The predicted molar refractivity (Wildman–Crippen MR) is 50.9 cm³/mol. The van der Waals surface area contributed by atoms with Crippen molar-refractivity contribution in [3.63, 3.8) is 0 Å². The van der Waals surface area contributed by atoms with Gasteiger partial charge in [-0.1, -0.05) is 0 Å². The van der Waals surface area contributed by atoms with Crippen LogP contribution in [0.3, 0.4) is 0 Å². The van der Waals surface area contributed by atoms with Crippen molar-refractivity contribution in [2.24, 2.45) is 0 Å². The van der Waals surface area contributed by atoms with Gasteiger partial charge in [0.2, 0.25) is 5.12 Å². The SMILES string of the molecule is CC(=O)C(C(=O)S)N1CCOCC1. The number of thiol groups is 1. The summed E-state index contributed by atoms with van der Waals surface area (Å²) in [4.78, 5) is 24.0. The number of carbonyl (C=O) groups is 2. The van der Waals surface area contributed by atoms with Crippen LogP contribution >= 0.6 is 12.6 Å². The Bertz CT molecular complexity index is 199. The van der Waals surface area contributed by atoms with E-state index in [-0.39, 0.29) is 10.9 Å². The number of morpholine rings is 1. The van der Waals surface area contributed by atoms with Gasteiger partial charge >= 0.3 is 0 Å². The highest BCUT2D eigenvalue weighted by molar-refractivity contribution is 7.96. The summed E-state index contributed by atoms with van der Waals surface area (Å²) in [6.45, 7) is 3.80. The van der Waals surface area contributed by atoms with Crippen LogP contribution in [-0.4, -0.2) is 48.1 Å². The van der Waals surface area contributed by atoms with Gasteiger partial charge in [0.25, 0.3) is 0 Å². The second-order valence-electron chi connectivity index (χ2n) is 3.00. The molecule has 0 aromatic rings. The summed E-state index contributed by atoms with van der Waals surface area (Å²) in [5.41, 5.74) is 0. The number of ether oxygens (including phenoxy) is 1. The van der Waals surface area contributed by atoms with Gasteiger partial charge in [-0.25, -0.2) is 0 Å². The number of nitrogens with zero attached hydrogens (tertiary/aromatic N) is 1. The van der Waals surface area contributed by atoms with E-state index in [0.717, 1.165) is 0 Å². The molecule has 1 saturated heterocycles. The Morgan fingerprint density at radius 3 is 2.31 bits per heavy atom. The lowest BCUT2D eigenvalue weighted by Gasteiger charge is -2.30. The second-order valence-corrected chi connectivity index (χ2v) is 3.44. The molecule has 0 saturated carbocycles. The molecule has 1 heterocycles. The molecule has 0 aromatic carbocycles. The number of hydrogen-bond donors (Lipinski definition) is 1. The molecular weight excluding hydrogens is 190 g/mol. The lowest BCUT2D eigenvalue weighted by molar-refractivity contribution is -0.130. The van der Waals surface area contributed by atoms with Crippen molar-refractivity contribution >= 4 is 23.5 Å². The van der Waals surface area contributed by atoms with Crippen molar-refractivity contribution in [1.29, 1.82) is 0 Å². The molecule has 5 heteroatoms. The first-order chi connectivity index (χ1) is 6.13. The zero-order chi connectivity index (χ0) is 9.84. The van der Waals surface area contributed by atoms with Gasteiger partial charge in [0.1, 0.15) is 6.04 Å². The van der Waals surface area contributed by atoms with E-state index < -0.39 is 6.04 Å². The highest BCUT2D eigenvalue weighted by Crippen LogP contribution is 2.07. The third-order valence-corrected chi connectivity index (χ3v) is 2.27. The summed E-state index contributed by atoms with van der Waals surface area (Å²) >= 11 is 3.70. The maximum atomic E-state index is 11.1. The topological polar surface area (TPSA) is 46.6 Å². The first-order valence-electron chi connectivity index (χ1n) is 4.18. The molecule has 1 rings (SSSR count). The molecule has 74 valence electrons. The molecule has 4 nitrogen and oxygen atoms in total. The Labute approximate surface area is 82.6 Å². The normalized spacial score (nSPS) is 21.1. The molecule has 1 aliphatic rings. The molecule has 0 aromatic heterocycles. The van der Waals surface area contributed by atoms with Crippen LogP contribution in [0, 0.1) is 0 Å². The van der Waals surface area contributed by atoms with Gasteiger partial charge in [-0.3, -0.25) is 14.5 Å². The van der Waals surface area contributed by atoms with Gasteiger partial charge in [-0.2, -0.15) is 0 Å². The van der Waals surface area contributed by atoms with Crippen LogP contribution in [0.25, 0.3) is 0 Å². The summed E-state index contributed by atoms with van der Waals surface area (Å²) in [5, 5.41) is -0.380. The number of Topliss-reactive ketones (excluding diaryl/α,β-unsaturated/α-hetero) is 1. The molecule has 0 spiro atoms. The van der Waals surface area contributed by atoms with E-state index in [2.05, 4.69) is 12.6 Å². The fourth-order valence-corrected chi connectivity index (χ4v) is 1.77. The van der Waals surface area contributed by atoms with Gasteiger partial charge in [0, 0.05) is 13.1 Å². The first kappa shape index (κ1) is 10.7. The lowest BCUT2D eigenvalue weighted by Crippen LogP contribution is -2.49. The lowest BCUT2D eigenvalue weighted by atomic mass is 10.2. The third-order valence-electron chi connectivity index (χ3n) is 2.03.